The van der Waals surface area contributed by atoms with E-state index < -0.39 is 11.1 Å². The van der Waals surface area contributed by atoms with Crippen molar-refractivity contribution in [2.24, 2.45) is 7.05 Å². The van der Waals surface area contributed by atoms with Crippen LogP contribution in [0, 0.1) is 0 Å². The van der Waals surface area contributed by atoms with Crippen LogP contribution < -0.4 is 16.4 Å². The van der Waals surface area contributed by atoms with Crippen molar-refractivity contribution in [1.82, 2.24) is 20.1 Å². The molecular formula is C11H18N4O2S. The summed E-state index contributed by atoms with van der Waals surface area (Å²) in [6.45, 7) is 3.09. The average molecular weight is 270 g/mol. The van der Waals surface area contributed by atoms with E-state index in [1.54, 1.807) is 18.8 Å². The number of aryl methyl sites for hydroxylation is 1. The Bertz CT molecular complexity index is 525. The van der Waals surface area contributed by atoms with Gasteiger partial charge in [0.1, 0.15) is 0 Å². The number of aromatic nitrogens is 3. The number of thioether (sulfide) groups is 1. The van der Waals surface area contributed by atoms with Crippen LogP contribution in [-0.4, -0.2) is 32.6 Å². The third-order valence-electron chi connectivity index (χ3n) is 3.10. The van der Waals surface area contributed by atoms with E-state index in [1.165, 1.54) is 4.68 Å². The zero-order chi connectivity index (χ0) is 13.1. The van der Waals surface area contributed by atoms with Gasteiger partial charge in [-0.1, -0.05) is 18.7 Å². The van der Waals surface area contributed by atoms with Gasteiger partial charge in [-0.15, -0.1) is 0 Å². The summed E-state index contributed by atoms with van der Waals surface area (Å²) in [5.74, 6) is 0. The SMILES string of the molecule is CCNC1CCC(Sc2nc(=O)c(=O)[nH]n2C)C1. The second kappa shape index (κ2) is 5.71. The Balaban J connectivity index is 2.05. The molecule has 18 heavy (non-hydrogen) atoms. The molecule has 2 rings (SSSR count). The molecule has 0 amide bonds. The standard InChI is InChI=1S/C11H18N4O2S/c1-3-12-7-4-5-8(6-7)18-11-13-9(16)10(17)14-15(11)2/h7-8,12H,3-6H2,1-2H3,(H,14,17). The molecule has 1 saturated carbocycles. The lowest BCUT2D eigenvalue weighted by atomic mass is 10.2. The first kappa shape index (κ1) is 13.4. The maximum atomic E-state index is 11.2. The Labute approximate surface area is 109 Å². The van der Waals surface area contributed by atoms with E-state index in [0.29, 0.717) is 16.4 Å². The maximum Gasteiger partial charge on any atom is 0.339 e. The minimum atomic E-state index is -0.711. The predicted molar refractivity (Wildman–Crippen MR) is 71.1 cm³/mol. The highest BCUT2D eigenvalue weighted by atomic mass is 32.2. The topological polar surface area (TPSA) is 79.8 Å². The predicted octanol–water partition coefficient (Wildman–Crippen LogP) is 0.0913. The molecule has 100 valence electrons. The molecule has 7 heteroatoms. The summed E-state index contributed by atoms with van der Waals surface area (Å²) in [7, 11) is 1.70. The summed E-state index contributed by atoms with van der Waals surface area (Å²) in [4.78, 5) is 26.1. The summed E-state index contributed by atoms with van der Waals surface area (Å²) in [6, 6.07) is 0.562. The monoisotopic (exact) mass is 270 g/mol. The Morgan fingerprint density at radius 2 is 2.28 bits per heavy atom. The summed E-state index contributed by atoms with van der Waals surface area (Å²) in [5, 5.41) is 6.94. The molecule has 0 radical (unpaired) electrons. The van der Waals surface area contributed by atoms with Crippen LogP contribution in [0.4, 0.5) is 0 Å². The van der Waals surface area contributed by atoms with E-state index in [4.69, 9.17) is 0 Å². The molecule has 0 spiro atoms. The molecule has 0 bridgehead atoms. The van der Waals surface area contributed by atoms with Gasteiger partial charge >= 0.3 is 11.1 Å². The number of rotatable bonds is 4. The molecule has 1 aliphatic rings. The van der Waals surface area contributed by atoms with Gasteiger partial charge < -0.3 is 5.32 Å². The molecule has 6 nitrogen and oxygen atoms in total. The molecule has 1 heterocycles. The molecule has 0 aromatic carbocycles. The average Bonchev–Trinajstić information content (AvgIpc) is 2.74. The highest BCUT2D eigenvalue weighted by molar-refractivity contribution is 7.99. The van der Waals surface area contributed by atoms with Gasteiger partial charge in [-0.05, 0) is 25.8 Å². The van der Waals surface area contributed by atoms with Gasteiger partial charge in [0, 0.05) is 18.3 Å². The number of nitrogens with zero attached hydrogens (tertiary/aromatic N) is 2. The zero-order valence-corrected chi connectivity index (χ0v) is 11.4. The molecule has 2 unspecified atom stereocenters. The molecule has 1 fully saturated rings. The number of aromatic amines is 1. The van der Waals surface area contributed by atoms with Crippen molar-refractivity contribution in [1.29, 1.82) is 0 Å². The van der Waals surface area contributed by atoms with E-state index in [9.17, 15) is 9.59 Å². The van der Waals surface area contributed by atoms with Gasteiger partial charge in [-0.2, -0.15) is 4.98 Å². The third-order valence-corrected chi connectivity index (χ3v) is 4.43. The summed E-state index contributed by atoms with van der Waals surface area (Å²) < 4.78 is 1.52. The van der Waals surface area contributed by atoms with Crippen LogP contribution in [0.2, 0.25) is 0 Å². The Hall–Kier alpha value is -1.08. The number of hydrogen-bond acceptors (Lipinski definition) is 5. The van der Waals surface area contributed by atoms with Gasteiger partial charge in [0.25, 0.3) is 0 Å². The summed E-state index contributed by atoms with van der Waals surface area (Å²) in [5.41, 5.74) is -1.38. The van der Waals surface area contributed by atoms with Crippen LogP contribution in [0.25, 0.3) is 0 Å². The zero-order valence-electron chi connectivity index (χ0n) is 10.6. The molecule has 0 saturated heterocycles. The first-order chi connectivity index (χ1) is 8.60. The fourth-order valence-corrected chi connectivity index (χ4v) is 3.46. The van der Waals surface area contributed by atoms with E-state index in [1.807, 2.05) is 0 Å². The van der Waals surface area contributed by atoms with Crippen LogP contribution in [0.1, 0.15) is 26.2 Å². The third kappa shape index (κ3) is 3.02. The molecule has 1 aliphatic carbocycles. The number of nitrogens with one attached hydrogen (secondary N) is 2. The lowest BCUT2D eigenvalue weighted by Gasteiger charge is -2.12. The quantitative estimate of drug-likeness (QED) is 0.758. The van der Waals surface area contributed by atoms with Crippen LogP contribution >= 0.6 is 11.8 Å². The van der Waals surface area contributed by atoms with Crippen molar-refractivity contribution >= 4 is 11.8 Å². The van der Waals surface area contributed by atoms with Gasteiger partial charge in [0.05, 0.1) is 0 Å². The molecule has 2 atom stereocenters. The van der Waals surface area contributed by atoms with Crippen LogP contribution in [0.3, 0.4) is 0 Å². The Kier molecular flexibility index (Phi) is 4.23. The molecule has 2 N–H and O–H groups in total. The summed E-state index contributed by atoms with van der Waals surface area (Å²) >= 11 is 1.57. The van der Waals surface area contributed by atoms with Gasteiger partial charge in [0.15, 0.2) is 5.16 Å². The van der Waals surface area contributed by atoms with Gasteiger partial charge in [-0.3, -0.25) is 19.4 Å². The highest BCUT2D eigenvalue weighted by Crippen LogP contribution is 2.33. The summed E-state index contributed by atoms with van der Waals surface area (Å²) in [6.07, 6.45) is 3.34. The maximum absolute atomic E-state index is 11.2. The first-order valence-electron chi connectivity index (χ1n) is 6.17. The van der Waals surface area contributed by atoms with E-state index in [2.05, 4.69) is 22.3 Å². The molecule has 1 aromatic heterocycles. The van der Waals surface area contributed by atoms with Crippen molar-refractivity contribution in [3.8, 4) is 0 Å². The minimum Gasteiger partial charge on any atom is -0.314 e. The lowest BCUT2D eigenvalue weighted by molar-refractivity contribution is 0.543. The lowest BCUT2D eigenvalue weighted by Crippen LogP contribution is -2.34. The molecular weight excluding hydrogens is 252 g/mol. The van der Waals surface area contributed by atoms with Crippen LogP contribution in [-0.2, 0) is 7.05 Å². The smallest absolute Gasteiger partial charge is 0.314 e. The fourth-order valence-electron chi connectivity index (χ4n) is 2.24. The van der Waals surface area contributed by atoms with Crippen molar-refractivity contribution in [3.63, 3.8) is 0 Å². The van der Waals surface area contributed by atoms with Crippen LogP contribution in [0.15, 0.2) is 14.7 Å². The largest absolute Gasteiger partial charge is 0.339 e. The second-order valence-corrected chi connectivity index (χ2v) is 5.77. The molecule has 1 aromatic rings. The minimum absolute atomic E-state index is 0.457. The van der Waals surface area contributed by atoms with E-state index in [0.717, 1.165) is 25.8 Å². The normalized spacial score (nSPS) is 23.4. The second-order valence-electron chi connectivity index (χ2n) is 4.51. The first-order valence-corrected chi connectivity index (χ1v) is 7.05. The van der Waals surface area contributed by atoms with Crippen molar-refractivity contribution in [2.45, 2.75) is 42.6 Å². The van der Waals surface area contributed by atoms with E-state index >= 15 is 0 Å². The fraction of sp³-hybridized carbons (Fsp3) is 0.727. The van der Waals surface area contributed by atoms with Crippen molar-refractivity contribution in [2.75, 3.05) is 6.54 Å². The van der Waals surface area contributed by atoms with Crippen molar-refractivity contribution < 1.29 is 0 Å². The highest BCUT2D eigenvalue weighted by Gasteiger charge is 2.25. The number of H-pyrrole nitrogens is 1. The molecule has 0 aliphatic heterocycles. The number of hydrogen-bond donors (Lipinski definition) is 2. The van der Waals surface area contributed by atoms with Crippen LogP contribution in [0.5, 0.6) is 0 Å². The Morgan fingerprint density at radius 1 is 1.50 bits per heavy atom. The van der Waals surface area contributed by atoms with Gasteiger partial charge in [0.2, 0.25) is 0 Å². The Morgan fingerprint density at radius 3 is 3.00 bits per heavy atom. The van der Waals surface area contributed by atoms with E-state index in [-0.39, 0.29) is 0 Å². The van der Waals surface area contributed by atoms with Gasteiger partial charge in [-0.25, -0.2) is 0 Å². The van der Waals surface area contributed by atoms with Crippen molar-refractivity contribution in [3.05, 3.63) is 20.7 Å².